The van der Waals surface area contributed by atoms with Crippen LogP contribution in [-0.4, -0.2) is 43.1 Å². The van der Waals surface area contributed by atoms with Gasteiger partial charge >= 0.3 is 6.03 Å². The molecule has 1 atom stereocenters. The molecule has 0 heterocycles. The molecular weight excluding hydrogens is 314 g/mol. The van der Waals surface area contributed by atoms with Gasteiger partial charge < -0.3 is 21.1 Å². The molecule has 128 valence electrons. The average molecular weight is 339 g/mol. The van der Waals surface area contributed by atoms with E-state index in [1.54, 1.807) is 11.8 Å². The van der Waals surface area contributed by atoms with E-state index in [4.69, 9.17) is 10.5 Å². The van der Waals surface area contributed by atoms with Crippen LogP contribution in [0.4, 0.5) is 4.79 Å². The molecule has 1 aromatic rings. The zero-order valence-corrected chi connectivity index (χ0v) is 14.4. The summed E-state index contributed by atoms with van der Waals surface area (Å²) in [7, 11) is 0. The molecule has 1 aromatic carbocycles. The number of carbonyl (C=O) groups is 2. The van der Waals surface area contributed by atoms with Gasteiger partial charge in [0.05, 0.1) is 6.61 Å². The van der Waals surface area contributed by atoms with Gasteiger partial charge in [-0.05, 0) is 43.9 Å². The monoisotopic (exact) mass is 339 g/mol. The Bertz CT molecular complexity index is 494. The van der Waals surface area contributed by atoms with Gasteiger partial charge in [-0.25, -0.2) is 4.79 Å². The largest absolute Gasteiger partial charge is 0.494 e. The number of rotatable bonds is 10. The van der Waals surface area contributed by atoms with Crippen molar-refractivity contribution in [1.82, 2.24) is 10.6 Å². The van der Waals surface area contributed by atoms with Crippen LogP contribution in [-0.2, 0) is 4.79 Å². The summed E-state index contributed by atoms with van der Waals surface area (Å²) < 4.78 is 5.59. The zero-order chi connectivity index (χ0) is 17.1. The van der Waals surface area contributed by atoms with E-state index in [-0.39, 0.29) is 5.91 Å². The average Bonchev–Trinajstić information content (AvgIpc) is 2.52. The Labute approximate surface area is 141 Å². The Kier molecular flexibility index (Phi) is 8.97. The second-order valence-electron chi connectivity index (χ2n) is 5.15. The first kappa shape index (κ1) is 19.2. The minimum Gasteiger partial charge on any atom is -0.494 e. The highest BCUT2D eigenvalue weighted by molar-refractivity contribution is 7.98. The number of ether oxygens (including phenoxy) is 1. The van der Waals surface area contributed by atoms with Gasteiger partial charge in [-0.2, -0.15) is 11.8 Å². The third-order valence-electron chi connectivity index (χ3n) is 3.15. The van der Waals surface area contributed by atoms with Crippen LogP contribution in [0.1, 0.15) is 18.4 Å². The maximum absolute atomic E-state index is 12.0. The number of hydrogen-bond donors (Lipinski definition) is 3. The van der Waals surface area contributed by atoms with Crippen LogP contribution in [0.15, 0.2) is 24.3 Å². The van der Waals surface area contributed by atoms with Crippen molar-refractivity contribution in [3.63, 3.8) is 0 Å². The van der Waals surface area contributed by atoms with E-state index in [0.717, 1.165) is 11.5 Å². The second-order valence-corrected chi connectivity index (χ2v) is 6.13. The molecule has 7 heteroatoms. The molecule has 4 N–H and O–H groups in total. The Morgan fingerprint density at radius 3 is 2.61 bits per heavy atom. The van der Waals surface area contributed by atoms with Gasteiger partial charge in [0.1, 0.15) is 11.8 Å². The van der Waals surface area contributed by atoms with E-state index in [1.165, 1.54) is 5.56 Å². The summed E-state index contributed by atoms with van der Waals surface area (Å²) in [5.74, 6) is 1.37. The first-order chi connectivity index (χ1) is 11.0. The third-order valence-corrected chi connectivity index (χ3v) is 3.80. The molecule has 0 unspecified atom stereocenters. The number of carbonyl (C=O) groups excluding carboxylic acids is 2. The molecule has 3 amide bonds. The van der Waals surface area contributed by atoms with Gasteiger partial charge in [0.15, 0.2) is 0 Å². The highest BCUT2D eigenvalue weighted by Crippen LogP contribution is 2.11. The van der Waals surface area contributed by atoms with E-state index in [9.17, 15) is 9.59 Å². The molecule has 0 saturated heterocycles. The number of thioether (sulfide) groups is 1. The standard InChI is InChI=1S/C16H25N3O3S/c1-12-4-6-13(7-5-12)22-10-3-9-18-15(20)14(8-11-23-2)19-16(17)21/h4-7,14H,3,8-11H2,1-2H3,(H,18,20)(H3,17,19,21)/t14-/m0/s1. The highest BCUT2D eigenvalue weighted by Gasteiger charge is 2.18. The molecule has 23 heavy (non-hydrogen) atoms. The summed E-state index contributed by atoms with van der Waals surface area (Å²) in [4.78, 5) is 23.0. The van der Waals surface area contributed by atoms with Crippen LogP contribution in [0, 0.1) is 6.92 Å². The summed E-state index contributed by atoms with van der Waals surface area (Å²) in [6.45, 7) is 3.02. The van der Waals surface area contributed by atoms with Crippen molar-refractivity contribution in [3.8, 4) is 5.75 Å². The van der Waals surface area contributed by atoms with E-state index in [1.807, 2.05) is 37.4 Å². The molecule has 0 fully saturated rings. The van der Waals surface area contributed by atoms with Gasteiger partial charge in [0.25, 0.3) is 0 Å². The second kappa shape index (κ2) is 10.8. The zero-order valence-electron chi connectivity index (χ0n) is 13.6. The lowest BCUT2D eigenvalue weighted by molar-refractivity contribution is -0.122. The van der Waals surface area contributed by atoms with Crippen LogP contribution >= 0.6 is 11.8 Å². The topological polar surface area (TPSA) is 93.5 Å². The Morgan fingerprint density at radius 2 is 2.00 bits per heavy atom. The van der Waals surface area contributed by atoms with Gasteiger partial charge in [0.2, 0.25) is 5.91 Å². The molecule has 0 radical (unpaired) electrons. The Morgan fingerprint density at radius 1 is 1.30 bits per heavy atom. The quantitative estimate of drug-likeness (QED) is 0.565. The first-order valence-corrected chi connectivity index (χ1v) is 8.94. The molecule has 6 nitrogen and oxygen atoms in total. The number of nitrogens with two attached hydrogens (primary N) is 1. The van der Waals surface area contributed by atoms with Crippen molar-refractivity contribution in [1.29, 1.82) is 0 Å². The molecule has 0 saturated carbocycles. The maximum atomic E-state index is 12.0. The Balaban J connectivity index is 2.25. The van der Waals surface area contributed by atoms with E-state index in [0.29, 0.717) is 26.0 Å². The number of amides is 3. The predicted octanol–water partition coefficient (Wildman–Crippen LogP) is 1.67. The molecule has 0 aromatic heterocycles. The van der Waals surface area contributed by atoms with Crippen LogP contribution in [0.5, 0.6) is 5.75 Å². The van der Waals surface area contributed by atoms with Gasteiger partial charge in [0, 0.05) is 6.54 Å². The summed E-state index contributed by atoms with van der Waals surface area (Å²) in [5.41, 5.74) is 6.28. The third kappa shape index (κ3) is 8.35. The van der Waals surface area contributed by atoms with Crippen LogP contribution < -0.4 is 21.1 Å². The van der Waals surface area contributed by atoms with Crippen molar-refractivity contribution >= 4 is 23.7 Å². The molecule has 0 spiro atoms. The molecule has 1 rings (SSSR count). The number of primary amides is 1. The molecule has 0 aliphatic heterocycles. The highest BCUT2D eigenvalue weighted by atomic mass is 32.2. The summed E-state index contributed by atoms with van der Waals surface area (Å²) in [6, 6.07) is 6.55. The fourth-order valence-electron chi connectivity index (χ4n) is 1.91. The number of benzene rings is 1. The number of aryl methyl sites for hydroxylation is 1. The molecule has 0 bridgehead atoms. The Hall–Kier alpha value is -1.89. The van der Waals surface area contributed by atoms with Crippen LogP contribution in [0.2, 0.25) is 0 Å². The molecule has 0 aliphatic rings. The maximum Gasteiger partial charge on any atom is 0.312 e. The lowest BCUT2D eigenvalue weighted by Gasteiger charge is -2.16. The fourth-order valence-corrected chi connectivity index (χ4v) is 2.38. The van der Waals surface area contributed by atoms with E-state index < -0.39 is 12.1 Å². The smallest absolute Gasteiger partial charge is 0.312 e. The van der Waals surface area contributed by atoms with Crippen molar-refractivity contribution in [2.75, 3.05) is 25.2 Å². The lowest BCUT2D eigenvalue weighted by Crippen LogP contribution is -2.49. The van der Waals surface area contributed by atoms with Crippen LogP contribution in [0.3, 0.4) is 0 Å². The minimum absolute atomic E-state index is 0.215. The van der Waals surface area contributed by atoms with Gasteiger partial charge in [-0.3, -0.25) is 4.79 Å². The number of urea groups is 1. The summed E-state index contributed by atoms with van der Waals surface area (Å²) in [5, 5.41) is 5.26. The summed E-state index contributed by atoms with van der Waals surface area (Å²) in [6.07, 6.45) is 3.18. The number of nitrogens with one attached hydrogen (secondary N) is 2. The normalized spacial score (nSPS) is 11.6. The lowest BCUT2D eigenvalue weighted by atomic mass is 10.2. The fraction of sp³-hybridized carbons (Fsp3) is 0.500. The number of hydrogen-bond acceptors (Lipinski definition) is 4. The predicted molar refractivity (Wildman–Crippen MR) is 93.8 cm³/mol. The van der Waals surface area contributed by atoms with Crippen molar-refractivity contribution in [3.05, 3.63) is 29.8 Å². The SMILES string of the molecule is CSCC[C@H](NC(N)=O)C(=O)NCCCOc1ccc(C)cc1. The van der Waals surface area contributed by atoms with E-state index in [2.05, 4.69) is 10.6 Å². The summed E-state index contributed by atoms with van der Waals surface area (Å²) >= 11 is 1.61. The van der Waals surface area contributed by atoms with Gasteiger partial charge in [-0.1, -0.05) is 17.7 Å². The molecule has 0 aliphatic carbocycles. The van der Waals surface area contributed by atoms with Gasteiger partial charge in [-0.15, -0.1) is 0 Å². The molecular formula is C16H25N3O3S. The van der Waals surface area contributed by atoms with Crippen LogP contribution in [0.25, 0.3) is 0 Å². The van der Waals surface area contributed by atoms with E-state index >= 15 is 0 Å². The van der Waals surface area contributed by atoms with Crippen molar-refractivity contribution in [2.24, 2.45) is 5.73 Å². The van der Waals surface area contributed by atoms with Crippen molar-refractivity contribution < 1.29 is 14.3 Å². The van der Waals surface area contributed by atoms with Crippen molar-refractivity contribution in [2.45, 2.75) is 25.8 Å². The first-order valence-electron chi connectivity index (χ1n) is 7.55. The minimum atomic E-state index is -0.686.